The molecule has 8 heteroatoms. The largest absolute Gasteiger partial charge is 0.465 e. The third-order valence-electron chi connectivity index (χ3n) is 1.81. The summed E-state index contributed by atoms with van der Waals surface area (Å²) in [5.41, 5.74) is 0. The van der Waals surface area contributed by atoms with E-state index in [1.807, 2.05) is 0 Å². The molecule has 4 N–H and O–H groups in total. The first-order valence-corrected chi connectivity index (χ1v) is 5.45. The number of hydrogen-bond acceptors (Lipinski definition) is 8. The van der Waals surface area contributed by atoms with Crippen molar-refractivity contribution in [2.45, 2.75) is 38.3 Å². The van der Waals surface area contributed by atoms with E-state index in [1.54, 1.807) is 0 Å². The topological polar surface area (TPSA) is 134 Å². The zero-order chi connectivity index (χ0) is 14.0. The number of aliphatic hydroxyl groups excluding tert-OH is 2. The van der Waals surface area contributed by atoms with Crippen molar-refractivity contribution in [3.63, 3.8) is 0 Å². The molecule has 0 rings (SSSR count). The van der Waals surface area contributed by atoms with E-state index in [0.29, 0.717) is 0 Å². The maximum Gasteiger partial charge on any atom is 0.306 e. The SMILES string of the molecule is O=C(CCC(=O)OCCC(O)O)OCCC(O)O. The maximum atomic E-state index is 11.0. The summed E-state index contributed by atoms with van der Waals surface area (Å²) in [6.45, 7) is -0.273. The lowest BCUT2D eigenvalue weighted by molar-refractivity contribution is -0.153. The Morgan fingerprint density at radius 1 is 0.778 bits per heavy atom. The molecule has 0 radical (unpaired) electrons. The van der Waals surface area contributed by atoms with Gasteiger partial charge in [-0.1, -0.05) is 0 Å². The highest BCUT2D eigenvalue weighted by molar-refractivity contribution is 5.77. The molecule has 0 spiro atoms. The molecule has 0 aromatic carbocycles. The zero-order valence-corrected chi connectivity index (χ0v) is 9.82. The fourth-order valence-electron chi connectivity index (χ4n) is 0.905. The van der Waals surface area contributed by atoms with Crippen LogP contribution in [0.3, 0.4) is 0 Å². The third-order valence-corrected chi connectivity index (χ3v) is 1.81. The molecular weight excluding hydrogens is 248 g/mol. The average molecular weight is 266 g/mol. The van der Waals surface area contributed by atoms with Crippen LogP contribution in [0.25, 0.3) is 0 Å². The molecule has 8 nitrogen and oxygen atoms in total. The van der Waals surface area contributed by atoms with Crippen molar-refractivity contribution < 1.29 is 39.5 Å². The summed E-state index contributed by atoms with van der Waals surface area (Å²) in [7, 11) is 0. The first-order valence-electron chi connectivity index (χ1n) is 5.45. The maximum absolute atomic E-state index is 11.0. The van der Waals surface area contributed by atoms with Crippen LogP contribution in [-0.4, -0.2) is 58.2 Å². The molecule has 0 aromatic heterocycles. The van der Waals surface area contributed by atoms with Gasteiger partial charge in [0, 0.05) is 12.8 Å². The molecule has 0 atom stereocenters. The Balaban J connectivity index is 3.50. The predicted molar refractivity (Wildman–Crippen MR) is 56.8 cm³/mol. The van der Waals surface area contributed by atoms with Gasteiger partial charge in [-0.3, -0.25) is 9.59 Å². The number of carbonyl (C=O) groups excluding carboxylic acids is 2. The van der Waals surface area contributed by atoms with Gasteiger partial charge in [0.2, 0.25) is 0 Å². The van der Waals surface area contributed by atoms with Crippen LogP contribution in [-0.2, 0) is 19.1 Å². The van der Waals surface area contributed by atoms with Crippen LogP contribution in [0.1, 0.15) is 25.7 Å². The Morgan fingerprint density at radius 3 is 1.39 bits per heavy atom. The van der Waals surface area contributed by atoms with Gasteiger partial charge in [0.1, 0.15) is 0 Å². The van der Waals surface area contributed by atoms with E-state index in [1.165, 1.54) is 0 Å². The lowest BCUT2D eigenvalue weighted by Crippen LogP contribution is -2.15. The molecule has 0 aliphatic heterocycles. The number of esters is 2. The number of carbonyl (C=O) groups is 2. The number of aliphatic hydroxyl groups is 4. The average Bonchev–Trinajstić information content (AvgIpc) is 2.25. The van der Waals surface area contributed by atoms with Gasteiger partial charge in [-0.05, 0) is 0 Å². The summed E-state index contributed by atoms with van der Waals surface area (Å²) in [5, 5.41) is 33.9. The second-order valence-electron chi connectivity index (χ2n) is 3.48. The van der Waals surface area contributed by atoms with Gasteiger partial charge in [-0.2, -0.15) is 0 Å². The molecule has 0 heterocycles. The van der Waals surface area contributed by atoms with Crippen molar-refractivity contribution in [3.8, 4) is 0 Å². The van der Waals surface area contributed by atoms with Gasteiger partial charge in [0.05, 0.1) is 26.1 Å². The standard InChI is InChI=1S/C10H18O8/c11-7(12)3-5-17-9(15)1-2-10(16)18-6-4-8(13)14/h7-8,11-14H,1-6H2. The van der Waals surface area contributed by atoms with Gasteiger partial charge in [0.15, 0.2) is 12.6 Å². The lowest BCUT2D eigenvalue weighted by Gasteiger charge is -2.07. The molecule has 0 bridgehead atoms. The minimum atomic E-state index is -1.53. The highest BCUT2D eigenvalue weighted by Gasteiger charge is 2.10. The van der Waals surface area contributed by atoms with Crippen LogP contribution in [0.4, 0.5) is 0 Å². The van der Waals surface area contributed by atoms with E-state index >= 15 is 0 Å². The Kier molecular flexibility index (Phi) is 9.11. The summed E-state index contributed by atoms with van der Waals surface area (Å²) < 4.78 is 9.20. The normalized spacial score (nSPS) is 10.8. The molecule has 0 amide bonds. The zero-order valence-electron chi connectivity index (χ0n) is 9.82. The van der Waals surface area contributed by atoms with Crippen molar-refractivity contribution in [1.82, 2.24) is 0 Å². The second-order valence-corrected chi connectivity index (χ2v) is 3.48. The first-order chi connectivity index (χ1) is 8.41. The summed E-state index contributed by atoms with van der Waals surface area (Å²) in [4.78, 5) is 22.1. The minimum Gasteiger partial charge on any atom is -0.465 e. The van der Waals surface area contributed by atoms with Gasteiger partial charge in [-0.15, -0.1) is 0 Å². The van der Waals surface area contributed by atoms with Crippen molar-refractivity contribution in [2.75, 3.05) is 13.2 Å². The molecule has 0 saturated heterocycles. The Bertz CT molecular complexity index is 224. The first kappa shape index (κ1) is 16.8. The van der Waals surface area contributed by atoms with E-state index < -0.39 is 24.5 Å². The fourth-order valence-corrected chi connectivity index (χ4v) is 0.905. The molecule has 0 aromatic rings. The molecular formula is C10H18O8. The van der Waals surface area contributed by atoms with E-state index in [0.717, 1.165) is 0 Å². The van der Waals surface area contributed by atoms with Crippen molar-refractivity contribution in [3.05, 3.63) is 0 Å². The number of rotatable bonds is 9. The van der Waals surface area contributed by atoms with Crippen LogP contribution in [0.2, 0.25) is 0 Å². The molecule has 0 aliphatic carbocycles. The van der Waals surface area contributed by atoms with Gasteiger partial charge >= 0.3 is 11.9 Å². The van der Waals surface area contributed by atoms with Crippen molar-refractivity contribution >= 4 is 11.9 Å². The van der Waals surface area contributed by atoms with Crippen LogP contribution >= 0.6 is 0 Å². The molecule has 0 saturated carbocycles. The Hall–Kier alpha value is -1.22. The third kappa shape index (κ3) is 11.3. The summed E-state index contributed by atoms with van der Waals surface area (Å²) in [5.74, 6) is -1.29. The lowest BCUT2D eigenvalue weighted by atomic mass is 10.3. The Labute approximate surface area is 104 Å². The minimum absolute atomic E-state index is 0.0927. The predicted octanol–water partition coefficient (Wildman–Crippen LogP) is -1.75. The summed E-state index contributed by atoms with van der Waals surface area (Å²) in [6, 6.07) is 0. The fraction of sp³-hybridized carbons (Fsp3) is 0.800. The van der Waals surface area contributed by atoms with Gasteiger partial charge in [-0.25, -0.2) is 0 Å². The monoisotopic (exact) mass is 266 g/mol. The summed E-state index contributed by atoms with van der Waals surface area (Å²) >= 11 is 0. The van der Waals surface area contributed by atoms with Crippen molar-refractivity contribution in [2.24, 2.45) is 0 Å². The molecule has 0 unspecified atom stereocenters. The van der Waals surface area contributed by atoms with Crippen LogP contribution in [0.15, 0.2) is 0 Å². The van der Waals surface area contributed by atoms with E-state index in [4.69, 9.17) is 20.4 Å². The molecule has 106 valence electrons. The van der Waals surface area contributed by atoms with Crippen LogP contribution in [0.5, 0.6) is 0 Å². The molecule has 0 aliphatic rings. The van der Waals surface area contributed by atoms with Crippen molar-refractivity contribution in [1.29, 1.82) is 0 Å². The second kappa shape index (κ2) is 9.77. The Morgan fingerprint density at radius 2 is 1.11 bits per heavy atom. The van der Waals surface area contributed by atoms with Gasteiger partial charge < -0.3 is 29.9 Å². The van der Waals surface area contributed by atoms with E-state index in [9.17, 15) is 9.59 Å². The molecule has 18 heavy (non-hydrogen) atoms. The number of hydrogen-bond donors (Lipinski definition) is 4. The smallest absolute Gasteiger partial charge is 0.306 e. The quantitative estimate of drug-likeness (QED) is 0.285. The number of ether oxygens (including phenoxy) is 2. The summed E-state index contributed by atoms with van der Waals surface area (Å²) in [6.07, 6.45) is -3.61. The highest BCUT2D eigenvalue weighted by Crippen LogP contribution is 1.99. The van der Waals surface area contributed by atoms with Crippen LogP contribution < -0.4 is 0 Å². The highest BCUT2D eigenvalue weighted by atomic mass is 16.5. The van der Waals surface area contributed by atoms with E-state index in [2.05, 4.69) is 9.47 Å². The van der Waals surface area contributed by atoms with E-state index in [-0.39, 0.29) is 38.9 Å². The van der Waals surface area contributed by atoms with Gasteiger partial charge in [0.25, 0.3) is 0 Å². The van der Waals surface area contributed by atoms with Crippen LogP contribution in [0, 0.1) is 0 Å². The molecule has 0 fully saturated rings.